The second-order valence-corrected chi connectivity index (χ2v) is 6.65. The van der Waals surface area contributed by atoms with E-state index in [0.717, 1.165) is 11.3 Å². The maximum absolute atomic E-state index is 12.5. The highest BCUT2D eigenvalue weighted by Gasteiger charge is 2.19. The summed E-state index contributed by atoms with van der Waals surface area (Å²) in [6.07, 6.45) is 0. The number of anilines is 2. The number of ether oxygens (including phenoxy) is 1. The zero-order chi connectivity index (χ0) is 19.4. The quantitative estimate of drug-likeness (QED) is 0.598. The van der Waals surface area contributed by atoms with Gasteiger partial charge in [-0.25, -0.2) is 4.98 Å². The van der Waals surface area contributed by atoms with Crippen LogP contribution in [-0.4, -0.2) is 37.5 Å². The molecule has 2 radical (unpaired) electrons. The summed E-state index contributed by atoms with van der Waals surface area (Å²) in [7, 11) is 7.44. The topological polar surface area (TPSA) is 97.4 Å². The van der Waals surface area contributed by atoms with E-state index in [-0.39, 0.29) is 40.0 Å². The van der Waals surface area contributed by atoms with Gasteiger partial charge >= 0.3 is 0 Å². The van der Waals surface area contributed by atoms with Crippen LogP contribution in [0.4, 0.5) is 10.8 Å². The number of amides is 2. The van der Waals surface area contributed by atoms with Gasteiger partial charge in [-0.3, -0.25) is 14.4 Å². The average Bonchev–Trinajstić information content (AvgIpc) is 3.04. The first-order valence-corrected chi connectivity index (χ1v) is 8.67. The van der Waals surface area contributed by atoms with Gasteiger partial charge in [0.25, 0.3) is 5.91 Å². The first-order valence-electron chi connectivity index (χ1n) is 7.79. The van der Waals surface area contributed by atoms with E-state index >= 15 is 0 Å². The van der Waals surface area contributed by atoms with E-state index in [2.05, 4.69) is 15.6 Å². The summed E-state index contributed by atoms with van der Waals surface area (Å²) >= 11 is 1.13. The maximum atomic E-state index is 12.5. The zero-order valence-corrected chi connectivity index (χ0v) is 15.7. The fourth-order valence-corrected chi connectivity index (χ4v) is 2.76. The number of benzene rings is 1. The Labute approximate surface area is 156 Å². The molecule has 0 spiro atoms. The van der Waals surface area contributed by atoms with Crippen molar-refractivity contribution < 1.29 is 19.1 Å². The highest BCUT2D eigenvalue weighted by atomic mass is 32.1. The average molecular weight is 371 g/mol. The molecule has 0 aliphatic heterocycles. The first-order chi connectivity index (χ1) is 12.2. The first kappa shape index (κ1) is 19.6. The number of nitrogens with one attached hydrogen (secondary N) is 2. The normalized spacial score (nSPS) is 10.5. The molecule has 0 saturated heterocycles. The minimum absolute atomic E-state index is 0.103. The van der Waals surface area contributed by atoms with Crippen LogP contribution in [0.15, 0.2) is 17.5 Å². The van der Waals surface area contributed by atoms with Crippen molar-refractivity contribution in [3.8, 4) is 5.75 Å². The van der Waals surface area contributed by atoms with Crippen LogP contribution in [0.2, 0.25) is 0 Å². The molecule has 2 rings (SSSR count). The smallest absolute Gasteiger partial charge is 0.275 e. The summed E-state index contributed by atoms with van der Waals surface area (Å²) in [6, 6.07) is 3.09. The fourth-order valence-electron chi connectivity index (χ4n) is 2.07. The van der Waals surface area contributed by atoms with Crippen molar-refractivity contribution in [2.75, 3.05) is 17.7 Å². The molecule has 2 aromatic rings. The van der Waals surface area contributed by atoms with Crippen LogP contribution >= 0.6 is 11.3 Å². The fraction of sp³-hybridized carbons (Fsp3) is 0.294. The molecule has 9 heteroatoms. The Morgan fingerprint density at radius 2 is 1.92 bits per heavy atom. The summed E-state index contributed by atoms with van der Waals surface area (Å²) in [5.41, 5.74) is 0.686. The lowest BCUT2D eigenvalue weighted by molar-refractivity contribution is -0.118. The number of nitrogens with zero attached hydrogens (tertiary/aromatic N) is 1. The van der Waals surface area contributed by atoms with E-state index in [9.17, 15) is 14.4 Å². The van der Waals surface area contributed by atoms with Crippen molar-refractivity contribution >= 4 is 53.1 Å². The third kappa shape index (κ3) is 4.29. The monoisotopic (exact) mass is 371 g/mol. The molecule has 0 unspecified atom stereocenters. The van der Waals surface area contributed by atoms with E-state index in [4.69, 9.17) is 12.6 Å². The van der Waals surface area contributed by atoms with Crippen LogP contribution in [0.5, 0.6) is 5.75 Å². The summed E-state index contributed by atoms with van der Waals surface area (Å²) in [5.74, 6) is -0.854. The van der Waals surface area contributed by atoms with Gasteiger partial charge in [0.2, 0.25) is 5.91 Å². The molecule has 1 aromatic carbocycles. The van der Waals surface area contributed by atoms with E-state index in [0.29, 0.717) is 10.9 Å². The lowest BCUT2D eigenvalue weighted by Gasteiger charge is -2.15. The van der Waals surface area contributed by atoms with Crippen molar-refractivity contribution in [3.63, 3.8) is 0 Å². The molecule has 0 aliphatic carbocycles. The molecule has 0 aliphatic rings. The Morgan fingerprint density at radius 1 is 1.23 bits per heavy atom. The third-order valence-corrected chi connectivity index (χ3v) is 4.29. The van der Waals surface area contributed by atoms with Crippen molar-refractivity contribution in [1.82, 2.24) is 4.98 Å². The van der Waals surface area contributed by atoms with Crippen molar-refractivity contribution in [3.05, 3.63) is 28.8 Å². The predicted octanol–water partition coefficient (Wildman–Crippen LogP) is 1.99. The molecule has 7 nitrogen and oxygen atoms in total. The van der Waals surface area contributed by atoms with Crippen LogP contribution in [-0.2, 0) is 4.79 Å². The minimum atomic E-state index is -0.547. The number of carbonyl (C=O) groups is 3. The number of ketones is 1. The number of rotatable bonds is 6. The van der Waals surface area contributed by atoms with Crippen molar-refractivity contribution in [1.29, 1.82) is 0 Å². The number of aromatic nitrogens is 1. The number of hydrogen-bond acceptors (Lipinski definition) is 6. The molecule has 26 heavy (non-hydrogen) atoms. The van der Waals surface area contributed by atoms with Gasteiger partial charge < -0.3 is 15.4 Å². The summed E-state index contributed by atoms with van der Waals surface area (Å²) in [4.78, 5) is 40.1. The summed E-state index contributed by atoms with van der Waals surface area (Å²) in [6.45, 7) is 4.89. The molecule has 0 fully saturated rings. The number of carbonyl (C=O) groups excluding carboxylic acids is 3. The molecule has 134 valence electrons. The van der Waals surface area contributed by atoms with Gasteiger partial charge in [0.15, 0.2) is 10.9 Å². The maximum Gasteiger partial charge on any atom is 0.275 e. The van der Waals surface area contributed by atoms with Gasteiger partial charge in [0.05, 0.1) is 7.11 Å². The van der Waals surface area contributed by atoms with Gasteiger partial charge in [-0.2, -0.15) is 0 Å². The molecule has 0 bridgehead atoms. The Balaban J connectivity index is 2.26. The Hall–Kier alpha value is -2.68. The second-order valence-electron chi connectivity index (χ2n) is 5.80. The Morgan fingerprint density at radius 3 is 2.50 bits per heavy atom. The third-order valence-electron chi connectivity index (χ3n) is 3.53. The van der Waals surface area contributed by atoms with Gasteiger partial charge in [-0.05, 0) is 24.5 Å². The highest BCUT2D eigenvalue weighted by molar-refractivity contribution is 7.14. The molecular weight excluding hydrogens is 353 g/mol. The van der Waals surface area contributed by atoms with Gasteiger partial charge in [-0.1, -0.05) is 13.8 Å². The van der Waals surface area contributed by atoms with E-state index in [1.807, 2.05) is 0 Å². The van der Waals surface area contributed by atoms with Crippen LogP contribution in [0.25, 0.3) is 0 Å². The Kier molecular flexibility index (Phi) is 6.15. The van der Waals surface area contributed by atoms with Gasteiger partial charge in [-0.15, -0.1) is 11.3 Å². The number of thiazole rings is 1. The van der Waals surface area contributed by atoms with Crippen LogP contribution in [0.1, 0.15) is 41.6 Å². The predicted molar refractivity (Wildman–Crippen MR) is 102 cm³/mol. The molecule has 1 heterocycles. The Bertz CT molecular complexity index is 864. The molecule has 0 atom stereocenters. The largest absolute Gasteiger partial charge is 0.497 e. The number of hydrogen-bond donors (Lipinski definition) is 2. The van der Waals surface area contributed by atoms with Crippen LogP contribution < -0.4 is 20.8 Å². The van der Waals surface area contributed by atoms with E-state index in [1.54, 1.807) is 19.9 Å². The standard InChI is InChI=1S/C17H18BN3O4S/c1-8(2)15(23)21-17-19-11(7-26-17)16(24)20-14-10(9(3)22)5-6-12(25-4)13(14)18/h5-8H,1-4H3,(H,20,24)(H,19,21,23). The van der Waals surface area contributed by atoms with Gasteiger partial charge in [0.1, 0.15) is 19.3 Å². The molecule has 2 N–H and O–H groups in total. The lowest BCUT2D eigenvalue weighted by Crippen LogP contribution is -2.23. The number of methoxy groups -OCH3 is 1. The van der Waals surface area contributed by atoms with E-state index < -0.39 is 5.91 Å². The number of Topliss-reactive ketones (excluding diaryl/α,β-unsaturated/α-hetero) is 1. The minimum Gasteiger partial charge on any atom is -0.497 e. The van der Waals surface area contributed by atoms with Crippen molar-refractivity contribution in [2.45, 2.75) is 20.8 Å². The van der Waals surface area contributed by atoms with Crippen molar-refractivity contribution in [2.24, 2.45) is 5.92 Å². The van der Waals surface area contributed by atoms with Gasteiger partial charge in [0, 0.05) is 22.5 Å². The molecule has 0 saturated carbocycles. The van der Waals surface area contributed by atoms with Crippen LogP contribution in [0.3, 0.4) is 0 Å². The molecule has 2 amide bonds. The molecular formula is C17H18BN3O4S. The highest BCUT2D eigenvalue weighted by Crippen LogP contribution is 2.22. The molecule has 1 aromatic heterocycles. The summed E-state index contributed by atoms with van der Waals surface area (Å²) in [5, 5.41) is 7.06. The second kappa shape index (κ2) is 8.14. The zero-order valence-electron chi connectivity index (χ0n) is 14.9. The lowest BCUT2D eigenvalue weighted by atomic mass is 9.89. The SMILES string of the molecule is [B]c1c(OC)ccc(C(C)=O)c1NC(=O)c1csc(NC(=O)C(C)C)n1. The summed E-state index contributed by atoms with van der Waals surface area (Å²) < 4.78 is 5.13. The van der Waals surface area contributed by atoms with Crippen LogP contribution in [0, 0.1) is 5.92 Å². The van der Waals surface area contributed by atoms with E-state index in [1.165, 1.54) is 25.5 Å².